The summed E-state index contributed by atoms with van der Waals surface area (Å²) in [6, 6.07) is 20.9. The lowest BCUT2D eigenvalue weighted by molar-refractivity contribution is -0.929. The average molecular weight is 421 g/mol. The predicted molar refractivity (Wildman–Crippen MR) is 120 cm³/mol. The number of thiophene rings is 1. The quantitative estimate of drug-likeness (QED) is 0.384. The molecule has 0 saturated heterocycles. The molecular weight excluding hydrogens is 398 g/mol. The zero-order valence-corrected chi connectivity index (χ0v) is 17.6. The molecule has 1 aliphatic rings. The zero-order chi connectivity index (χ0) is 19.6. The lowest BCUT2D eigenvalue weighted by Crippen LogP contribution is -3.10. The van der Waals surface area contributed by atoms with E-state index in [-0.39, 0.29) is 5.56 Å². The van der Waals surface area contributed by atoms with Gasteiger partial charge >= 0.3 is 0 Å². The maximum Gasteiger partial charge on any atom is 0.260 e. The van der Waals surface area contributed by atoms with Crippen LogP contribution in [-0.2, 0) is 25.3 Å². The van der Waals surface area contributed by atoms with Gasteiger partial charge < -0.3 is 9.88 Å². The van der Waals surface area contributed by atoms with Gasteiger partial charge in [-0.25, -0.2) is 4.98 Å². The van der Waals surface area contributed by atoms with Gasteiger partial charge in [-0.15, -0.1) is 11.3 Å². The van der Waals surface area contributed by atoms with Gasteiger partial charge in [-0.3, -0.25) is 4.79 Å². The summed E-state index contributed by atoms with van der Waals surface area (Å²) in [6.45, 7) is 3.05. The molecule has 0 radical (unpaired) electrons. The van der Waals surface area contributed by atoms with Crippen LogP contribution < -0.4 is 10.5 Å². The van der Waals surface area contributed by atoms with E-state index < -0.39 is 0 Å². The zero-order valence-electron chi connectivity index (χ0n) is 16.0. The Morgan fingerprint density at radius 3 is 2.52 bits per heavy atom. The van der Waals surface area contributed by atoms with Crippen LogP contribution in [0, 0.1) is 0 Å². The van der Waals surface area contributed by atoms with Crippen LogP contribution in [0.25, 0.3) is 10.2 Å². The fourth-order valence-electron chi connectivity index (χ4n) is 3.94. The molecule has 0 bridgehead atoms. The molecule has 4 aromatic rings. The highest BCUT2D eigenvalue weighted by Gasteiger charge is 2.26. The van der Waals surface area contributed by atoms with Crippen LogP contribution in [0.3, 0.4) is 0 Å². The number of benzene rings is 2. The van der Waals surface area contributed by atoms with Crippen LogP contribution in [-0.4, -0.2) is 16.5 Å². The van der Waals surface area contributed by atoms with Gasteiger partial charge in [0.05, 0.1) is 16.8 Å². The van der Waals surface area contributed by atoms with Gasteiger partial charge in [0.15, 0.2) is 5.16 Å². The van der Waals surface area contributed by atoms with Crippen molar-refractivity contribution in [2.24, 2.45) is 0 Å². The average Bonchev–Trinajstić information content (AvgIpc) is 3.12. The van der Waals surface area contributed by atoms with Crippen LogP contribution in [0.1, 0.15) is 21.6 Å². The van der Waals surface area contributed by atoms with Crippen LogP contribution in [0.2, 0.25) is 0 Å². The molecule has 146 valence electrons. The third-order valence-electron chi connectivity index (χ3n) is 5.38. The smallest absolute Gasteiger partial charge is 0.260 e. The highest BCUT2D eigenvalue weighted by Crippen LogP contribution is 2.30. The molecule has 0 saturated carbocycles. The fraction of sp³-hybridized carbons (Fsp3) is 0.217. The van der Waals surface area contributed by atoms with E-state index in [1.807, 2.05) is 18.2 Å². The number of nitrogens with one attached hydrogen (secondary N) is 2. The summed E-state index contributed by atoms with van der Waals surface area (Å²) < 4.78 is 0. The molecule has 3 heterocycles. The predicted octanol–water partition coefficient (Wildman–Crippen LogP) is 3.42. The van der Waals surface area contributed by atoms with Crippen LogP contribution in [0.5, 0.6) is 0 Å². The molecule has 0 fully saturated rings. The van der Waals surface area contributed by atoms with E-state index in [1.165, 1.54) is 21.6 Å². The van der Waals surface area contributed by atoms with Crippen LogP contribution in [0.4, 0.5) is 0 Å². The second-order valence-electron chi connectivity index (χ2n) is 7.42. The largest absolute Gasteiger partial charge is 0.326 e. The topological polar surface area (TPSA) is 50.2 Å². The number of aromatic nitrogens is 2. The van der Waals surface area contributed by atoms with Crippen molar-refractivity contribution in [3.63, 3.8) is 0 Å². The number of fused-ring (bicyclic) bond motifs is 3. The number of hydrogen-bond acceptors (Lipinski definition) is 4. The molecule has 0 spiro atoms. The Labute approximate surface area is 177 Å². The number of thioether (sulfide) groups is 1. The van der Waals surface area contributed by atoms with Gasteiger partial charge in [-0.1, -0.05) is 72.4 Å². The molecule has 0 amide bonds. The van der Waals surface area contributed by atoms with Gasteiger partial charge in [0.25, 0.3) is 5.56 Å². The second kappa shape index (κ2) is 8.14. The Kier molecular flexibility index (Phi) is 5.23. The van der Waals surface area contributed by atoms with Crippen molar-refractivity contribution < 1.29 is 4.90 Å². The highest BCUT2D eigenvalue weighted by atomic mass is 32.2. The third-order valence-corrected chi connectivity index (χ3v) is 7.45. The second-order valence-corrected chi connectivity index (χ2v) is 9.47. The van der Waals surface area contributed by atoms with E-state index in [0.29, 0.717) is 5.16 Å². The first kappa shape index (κ1) is 18.6. The summed E-state index contributed by atoms with van der Waals surface area (Å²) in [4.78, 5) is 24.3. The van der Waals surface area contributed by atoms with E-state index >= 15 is 0 Å². The molecule has 1 aliphatic heterocycles. The normalized spacial score (nSPS) is 16.1. The molecule has 0 aliphatic carbocycles. The van der Waals surface area contributed by atoms with E-state index in [1.54, 1.807) is 28.0 Å². The number of nitrogens with zero attached hydrogens (tertiary/aromatic N) is 1. The van der Waals surface area contributed by atoms with Gasteiger partial charge in [0, 0.05) is 17.7 Å². The first-order valence-corrected chi connectivity index (χ1v) is 11.7. The van der Waals surface area contributed by atoms with Gasteiger partial charge in [0.1, 0.15) is 17.9 Å². The summed E-state index contributed by atoms with van der Waals surface area (Å²) in [5.41, 5.74) is 3.82. The lowest BCUT2D eigenvalue weighted by atomic mass is 10.0. The minimum Gasteiger partial charge on any atom is -0.326 e. The van der Waals surface area contributed by atoms with Crippen LogP contribution >= 0.6 is 23.1 Å². The molecule has 1 atom stereocenters. The first-order chi connectivity index (χ1) is 14.3. The lowest BCUT2D eigenvalue weighted by Gasteiger charge is -2.23. The monoisotopic (exact) mass is 420 g/mol. The summed E-state index contributed by atoms with van der Waals surface area (Å²) in [6.07, 6.45) is 0.943. The fourth-order valence-corrected chi connectivity index (χ4v) is 6.11. The van der Waals surface area contributed by atoms with E-state index in [4.69, 9.17) is 4.98 Å². The highest BCUT2D eigenvalue weighted by molar-refractivity contribution is 7.98. The molecule has 6 heteroatoms. The molecule has 2 aromatic carbocycles. The van der Waals surface area contributed by atoms with E-state index in [0.717, 1.165) is 42.0 Å². The number of rotatable bonds is 5. The molecule has 1 unspecified atom stereocenters. The molecule has 5 rings (SSSR count). The van der Waals surface area contributed by atoms with Crippen LogP contribution in [0.15, 0.2) is 70.6 Å². The summed E-state index contributed by atoms with van der Waals surface area (Å²) in [5, 5.41) is 1.52. The Bertz CT molecular complexity index is 1190. The van der Waals surface area contributed by atoms with E-state index in [2.05, 4.69) is 47.4 Å². The van der Waals surface area contributed by atoms with Crippen molar-refractivity contribution in [2.75, 3.05) is 6.54 Å². The SMILES string of the molecule is O=c1[nH]c(SCc2ccccc2)nc2sc3c(c12)CC[NH+](Cc1ccccc1)C3. The molecule has 4 nitrogen and oxygen atoms in total. The minimum absolute atomic E-state index is 0.00886. The Morgan fingerprint density at radius 1 is 1.03 bits per heavy atom. The number of H-pyrrole nitrogens is 1. The Balaban J connectivity index is 1.37. The third kappa shape index (κ3) is 4.01. The van der Waals surface area contributed by atoms with Crippen molar-refractivity contribution in [1.29, 1.82) is 0 Å². The molecule has 2 aromatic heterocycles. The summed E-state index contributed by atoms with van der Waals surface area (Å²) in [5.74, 6) is 0.801. The number of hydrogen-bond donors (Lipinski definition) is 2. The van der Waals surface area contributed by atoms with Crippen molar-refractivity contribution in [3.8, 4) is 0 Å². The Morgan fingerprint density at radius 2 is 1.76 bits per heavy atom. The van der Waals surface area contributed by atoms with Crippen molar-refractivity contribution in [1.82, 2.24) is 9.97 Å². The van der Waals surface area contributed by atoms with E-state index in [9.17, 15) is 4.79 Å². The van der Waals surface area contributed by atoms with Crippen molar-refractivity contribution >= 4 is 33.3 Å². The van der Waals surface area contributed by atoms with Gasteiger partial charge in [-0.05, 0) is 11.1 Å². The summed E-state index contributed by atoms with van der Waals surface area (Å²) >= 11 is 3.28. The molecule has 29 heavy (non-hydrogen) atoms. The molecular formula is C23H22N3OS2+. The van der Waals surface area contributed by atoms with Crippen molar-refractivity contribution in [3.05, 3.63) is 92.6 Å². The maximum absolute atomic E-state index is 12.8. The maximum atomic E-state index is 12.8. The summed E-state index contributed by atoms with van der Waals surface area (Å²) in [7, 11) is 0. The first-order valence-electron chi connectivity index (χ1n) is 9.85. The van der Waals surface area contributed by atoms with Gasteiger partial charge in [-0.2, -0.15) is 0 Å². The standard InChI is InChI=1S/C23H21N3OS2/c27-21-20-18-11-12-26(13-16-7-3-1-4-8-16)14-19(18)29-22(20)25-23(24-21)28-15-17-9-5-2-6-10-17/h1-10H,11-15H2,(H,24,25,27)/p+1. The molecule has 2 N–H and O–H groups in total. The minimum atomic E-state index is 0.00886. The number of quaternary nitrogens is 1. The number of aromatic amines is 1. The van der Waals surface area contributed by atoms with Gasteiger partial charge in [0.2, 0.25) is 0 Å². The van der Waals surface area contributed by atoms with Crippen molar-refractivity contribution in [2.45, 2.75) is 30.4 Å². The Hall–Kier alpha value is -2.41.